The first kappa shape index (κ1) is 17.7. The van der Waals surface area contributed by atoms with Crippen molar-refractivity contribution in [2.24, 2.45) is 0 Å². The van der Waals surface area contributed by atoms with Crippen molar-refractivity contribution in [3.63, 3.8) is 0 Å². The van der Waals surface area contributed by atoms with Gasteiger partial charge in [-0.05, 0) is 38.0 Å². The van der Waals surface area contributed by atoms with E-state index in [0.717, 1.165) is 36.9 Å². The van der Waals surface area contributed by atoms with Gasteiger partial charge in [-0.3, -0.25) is 0 Å². The summed E-state index contributed by atoms with van der Waals surface area (Å²) in [6.07, 6.45) is -3.30. The van der Waals surface area contributed by atoms with Crippen molar-refractivity contribution in [2.75, 3.05) is 20.3 Å². The highest BCUT2D eigenvalue weighted by molar-refractivity contribution is 5.75. The van der Waals surface area contributed by atoms with Crippen LogP contribution in [0.15, 0.2) is 18.2 Å². The van der Waals surface area contributed by atoms with E-state index in [0.29, 0.717) is 18.9 Å². The summed E-state index contributed by atoms with van der Waals surface area (Å²) >= 11 is 0. The Labute approximate surface area is 133 Å². The average Bonchev–Trinajstić information content (AvgIpc) is 2.85. The van der Waals surface area contributed by atoms with Gasteiger partial charge in [-0.1, -0.05) is 6.07 Å². The first-order valence-electron chi connectivity index (χ1n) is 7.40. The smallest absolute Gasteiger partial charge is 0.384 e. The van der Waals surface area contributed by atoms with E-state index >= 15 is 0 Å². The maximum atomic E-state index is 12.7. The van der Waals surface area contributed by atoms with Crippen LogP contribution in [0.4, 0.5) is 13.2 Å². The SMILES string of the molecule is COCCc1ccc2nc(CCOC(C)(C)C(F)(F)F)[nH]c2c1. The van der Waals surface area contributed by atoms with Crippen molar-refractivity contribution < 1.29 is 22.6 Å². The monoisotopic (exact) mass is 330 g/mol. The molecule has 0 aliphatic rings. The first-order valence-corrected chi connectivity index (χ1v) is 7.40. The van der Waals surface area contributed by atoms with Gasteiger partial charge in [0.25, 0.3) is 0 Å². The second kappa shape index (κ2) is 6.88. The number of rotatable bonds is 7. The lowest BCUT2D eigenvalue weighted by Gasteiger charge is -2.27. The van der Waals surface area contributed by atoms with Crippen molar-refractivity contribution in [1.82, 2.24) is 9.97 Å². The Balaban J connectivity index is 1.98. The Morgan fingerprint density at radius 2 is 1.87 bits per heavy atom. The number of aromatic amines is 1. The van der Waals surface area contributed by atoms with Crippen LogP contribution in [0.2, 0.25) is 0 Å². The molecule has 2 rings (SSSR count). The van der Waals surface area contributed by atoms with Gasteiger partial charge in [-0.15, -0.1) is 0 Å². The van der Waals surface area contributed by atoms with Gasteiger partial charge in [-0.2, -0.15) is 13.2 Å². The summed E-state index contributed by atoms with van der Waals surface area (Å²) in [6, 6.07) is 5.83. The van der Waals surface area contributed by atoms with Gasteiger partial charge >= 0.3 is 6.18 Å². The van der Waals surface area contributed by atoms with Crippen molar-refractivity contribution in [1.29, 1.82) is 0 Å². The molecule has 0 unspecified atom stereocenters. The molecule has 1 aromatic carbocycles. The molecular weight excluding hydrogens is 309 g/mol. The highest BCUT2D eigenvalue weighted by atomic mass is 19.4. The van der Waals surface area contributed by atoms with Gasteiger partial charge in [-0.25, -0.2) is 4.98 Å². The van der Waals surface area contributed by atoms with E-state index in [-0.39, 0.29) is 6.61 Å². The van der Waals surface area contributed by atoms with Crippen molar-refractivity contribution in [3.05, 3.63) is 29.6 Å². The number of nitrogens with zero attached hydrogens (tertiary/aromatic N) is 1. The molecule has 0 radical (unpaired) electrons. The predicted molar refractivity (Wildman–Crippen MR) is 81.5 cm³/mol. The summed E-state index contributed by atoms with van der Waals surface area (Å²) in [5.74, 6) is 0.613. The van der Waals surface area contributed by atoms with E-state index in [9.17, 15) is 13.2 Å². The maximum Gasteiger partial charge on any atom is 0.416 e. The van der Waals surface area contributed by atoms with Gasteiger partial charge in [0.1, 0.15) is 5.82 Å². The predicted octanol–water partition coefficient (Wildman–Crippen LogP) is 3.65. The molecule has 0 spiro atoms. The number of alkyl halides is 3. The van der Waals surface area contributed by atoms with Crippen LogP contribution < -0.4 is 0 Å². The molecule has 0 amide bonds. The molecular formula is C16H21F3N2O2. The van der Waals surface area contributed by atoms with E-state index in [1.54, 1.807) is 7.11 Å². The number of hydrogen-bond donors (Lipinski definition) is 1. The highest BCUT2D eigenvalue weighted by Crippen LogP contribution is 2.32. The lowest BCUT2D eigenvalue weighted by molar-refractivity contribution is -0.263. The number of benzene rings is 1. The normalized spacial score (nSPS) is 13.0. The fraction of sp³-hybridized carbons (Fsp3) is 0.562. The van der Waals surface area contributed by atoms with Crippen LogP contribution in [0, 0.1) is 0 Å². The lowest BCUT2D eigenvalue weighted by atomic mass is 10.1. The first-order chi connectivity index (χ1) is 10.7. The molecule has 0 aliphatic heterocycles. The Bertz CT molecular complexity index is 650. The van der Waals surface area contributed by atoms with Crippen LogP contribution in [0.1, 0.15) is 25.2 Å². The number of halogens is 3. The van der Waals surface area contributed by atoms with E-state index in [4.69, 9.17) is 9.47 Å². The van der Waals surface area contributed by atoms with Crippen LogP contribution in [0.5, 0.6) is 0 Å². The number of ether oxygens (including phenoxy) is 2. The molecule has 1 heterocycles. The van der Waals surface area contributed by atoms with Crippen LogP contribution in [0.25, 0.3) is 11.0 Å². The number of methoxy groups -OCH3 is 1. The minimum Gasteiger partial charge on any atom is -0.384 e. The lowest BCUT2D eigenvalue weighted by Crippen LogP contribution is -2.42. The fourth-order valence-electron chi connectivity index (χ4n) is 2.09. The third-order valence-corrected chi connectivity index (χ3v) is 3.67. The van der Waals surface area contributed by atoms with Crippen molar-refractivity contribution in [3.8, 4) is 0 Å². The molecule has 7 heteroatoms. The van der Waals surface area contributed by atoms with Crippen LogP contribution in [-0.2, 0) is 22.3 Å². The molecule has 23 heavy (non-hydrogen) atoms. The Morgan fingerprint density at radius 1 is 1.13 bits per heavy atom. The second-order valence-corrected chi connectivity index (χ2v) is 5.88. The summed E-state index contributed by atoms with van der Waals surface area (Å²) in [5.41, 5.74) is 0.607. The minimum atomic E-state index is -4.39. The van der Waals surface area contributed by atoms with E-state index in [1.165, 1.54) is 0 Å². The molecule has 1 aromatic heterocycles. The van der Waals surface area contributed by atoms with E-state index in [1.807, 2.05) is 18.2 Å². The van der Waals surface area contributed by atoms with Gasteiger partial charge in [0, 0.05) is 13.5 Å². The molecule has 2 aromatic rings. The zero-order valence-electron chi connectivity index (χ0n) is 13.5. The van der Waals surface area contributed by atoms with Crippen LogP contribution in [-0.4, -0.2) is 42.1 Å². The second-order valence-electron chi connectivity index (χ2n) is 5.88. The van der Waals surface area contributed by atoms with Gasteiger partial charge in [0.2, 0.25) is 0 Å². The zero-order valence-corrected chi connectivity index (χ0v) is 13.5. The third-order valence-electron chi connectivity index (χ3n) is 3.67. The summed E-state index contributed by atoms with van der Waals surface area (Å²) in [5, 5.41) is 0. The van der Waals surface area contributed by atoms with E-state index < -0.39 is 11.8 Å². The number of aromatic nitrogens is 2. The molecule has 0 atom stereocenters. The van der Waals surface area contributed by atoms with Gasteiger partial charge in [0.15, 0.2) is 5.60 Å². The topological polar surface area (TPSA) is 47.1 Å². The van der Waals surface area contributed by atoms with Crippen molar-refractivity contribution >= 4 is 11.0 Å². The van der Waals surface area contributed by atoms with Gasteiger partial charge in [0.05, 0.1) is 24.2 Å². The standard InChI is InChI=1S/C16H21F3N2O2/c1-15(2,16(17,18)19)23-9-7-14-20-12-5-4-11(6-8-22-3)10-13(12)21-14/h4-5,10H,6-9H2,1-3H3,(H,20,21). The zero-order chi connectivity index (χ0) is 17.1. The summed E-state index contributed by atoms with van der Waals surface area (Å²) in [6.45, 7) is 2.62. The molecule has 4 nitrogen and oxygen atoms in total. The number of fused-ring (bicyclic) bond motifs is 1. The van der Waals surface area contributed by atoms with E-state index in [2.05, 4.69) is 9.97 Å². The Morgan fingerprint density at radius 3 is 2.52 bits per heavy atom. The number of hydrogen-bond acceptors (Lipinski definition) is 3. The molecule has 0 bridgehead atoms. The summed E-state index contributed by atoms with van der Waals surface area (Å²) in [4.78, 5) is 7.49. The summed E-state index contributed by atoms with van der Waals surface area (Å²) < 4.78 is 48.2. The van der Waals surface area contributed by atoms with Gasteiger partial charge < -0.3 is 14.5 Å². The molecule has 0 aliphatic carbocycles. The fourth-order valence-corrected chi connectivity index (χ4v) is 2.09. The largest absolute Gasteiger partial charge is 0.416 e. The van der Waals surface area contributed by atoms with Crippen molar-refractivity contribution in [2.45, 2.75) is 38.5 Å². The Kier molecular flexibility index (Phi) is 5.31. The Hall–Kier alpha value is -1.60. The minimum absolute atomic E-state index is 0.0527. The maximum absolute atomic E-state index is 12.7. The highest BCUT2D eigenvalue weighted by Gasteiger charge is 2.48. The van der Waals surface area contributed by atoms with Crippen LogP contribution in [0.3, 0.4) is 0 Å². The third kappa shape index (κ3) is 4.45. The number of imidazole rings is 1. The average molecular weight is 330 g/mol. The molecule has 0 saturated heterocycles. The molecule has 0 fully saturated rings. The summed E-state index contributed by atoms with van der Waals surface area (Å²) in [7, 11) is 1.65. The van der Waals surface area contributed by atoms with Crippen LogP contribution >= 0.6 is 0 Å². The molecule has 0 saturated carbocycles. The quantitative estimate of drug-likeness (QED) is 0.843. The molecule has 1 N–H and O–H groups in total. The number of nitrogens with one attached hydrogen (secondary N) is 1. The number of H-pyrrole nitrogens is 1. The molecule has 128 valence electrons.